The Morgan fingerprint density at radius 3 is 2.29 bits per heavy atom. The lowest BCUT2D eigenvalue weighted by Crippen LogP contribution is -2.11. The highest BCUT2D eigenvalue weighted by Crippen LogP contribution is 2.34. The van der Waals surface area contributed by atoms with E-state index in [-0.39, 0.29) is 12.2 Å². The molecule has 0 radical (unpaired) electrons. The van der Waals surface area contributed by atoms with Gasteiger partial charge in [0.15, 0.2) is 0 Å². The largest absolute Gasteiger partial charge is 0.463 e. The van der Waals surface area contributed by atoms with E-state index in [1.165, 1.54) is 0 Å². The molecule has 0 saturated heterocycles. The molecule has 2 nitrogen and oxygen atoms in total. The topological polar surface area (TPSA) is 26.3 Å². The van der Waals surface area contributed by atoms with Crippen LogP contribution in [0, 0.1) is 11.6 Å². The van der Waals surface area contributed by atoms with E-state index in [1.54, 1.807) is 0 Å². The number of hydrogen-bond acceptors (Lipinski definition) is 2. The van der Waals surface area contributed by atoms with E-state index in [4.69, 9.17) is 4.74 Å². The van der Waals surface area contributed by atoms with Gasteiger partial charge in [-0.3, -0.25) is 0 Å². The molecule has 0 saturated carbocycles. The van der Waals surface area contributed by atoms with Gasteiger partial charge in [0, 0.05) is 6.08 Å². The van der Waals surface area contributed by atoms with Crippen molar-refractivity contribution in [2.75, 3.05) is 6.61 Å². The van der Waals surface area contributed by atoms with Crippen LogP contribution in [0.5, 0.6) is 0 Å². The van der Waals surface area contributed by atoms with E-state index in [0.717, 1.165) is 18.6 Å². The van der Waals surface area contributed by atoms with Crippen LogP contribution in [0.3, 0.4) is 0 Å². The van der Waals surface area contributed by atoms with Crippen molar-refractivity contribution in [2.24, 2.45) is 0 Å². The van der Waals surface area contributed by atoms with E-state index in [9.17, 15) is 26.7 Å². The van der Waals surface area contributed by atoms with Gasteiger partial charge < -0.3 is 4.74 Å². The lowest BCUT2D eigenvalue weighted by molar-refractivity contribution is -0.142. The van der Waals surface area contributed by atoms with E-state index in [2.05, 4.69) is 0 Å². The summed E-state index contributed by atoms with van der Waals surface area (Å²) in [6.07, 6.45) is -1.73. The van der Waals surface area contributed by atoms with Crippen molar-refractivity contribution in [1.29, 1.82) is 0 Å². The van der Waals surface area contributed by atoms with Gasteiger partial charge in [-0.1, -0.05) is 13.3 Å². The first-order valence-corrected chi connectivity index (χ1v) is 6.16. The zero-order valence-corrected chi connectivity index (χ0v) is 11.1. The molecule has 0 aromatic heterocycles. The van der Waals surface area contributed by atoms with Crippen LogP contribution in [0.25, 0.3) is 6.08 Å². The van der Waals surface area contributed by atoms with E-state index in [0.29, 0.717) is 18.6 Å². The molecule has 0 atom stereocenters. The number of carbonyl (C=O) groups excluding carboxylic acids is 1. The van der Waals surface area contributed by atoms with Gasteiger partial charge in [0.2, 0.25) is 0 Å². The third-order valence-corrected chi connectivity index (χ3v) is 2.50. The van der Waals surface area contributed by atoms with Crippen LogP contribution in [0.1, 0.15) is 30.9 Å². The van der Waals surface area contributed by atoms with Gasteiger partial charge in [-0.05, 0) is 30.2 Å². The Hall–Kier alpha value is -1.92. The summed E-state index contributed by atoms with van der Waals surface area (Å²) in [4.78, 5) is 11.2. The minimum absolute atomic E-state index is 0.203. The average molecular weight is 308 g/mol. The van der Waals surface area contributed by atoms with E-state index in [1.807, 2.05) is 6.92 Å². The minimum atomic E-state index is -5.12. The highest BCUT2D eigenvalue weighted by atomic mass is 19.4. The second kappa shape index (κ2) is 7.19. The molecule has 0 N–H and O–H groups in total. The molecular formula is C14H13F5O2. The number of ether oxygens (including phenoxy) is 1. The molecule has 1 aromatic carbocycles. The number of carbonyl (C=O) groups is 1. The summed E-state index contributed by atoms with van der Waals surface area (Å²) in [5, 5.41) is 0. The number of alkyl halides is 3. The Morgan fingerprint density at radius 1 is 1.24 bits per heavy atom. The number of halogens is 5. The normalized spacial score (nSPS) is 11.9. The SMILES string of the molecule is CCCCOC(=O)/C=C/c1cc(F)c(C(F)(F)F)c(F)c1. The van der Waals surface area contributed by atoms with Crippen molar-refractivity contribution >= 4 is 12.0 Å². The molecule has 21 heavy (non-hydrogen) atoms. The fourth-order valence-electron chi connectivity index (χ4n) is 1.49. The molecule has 0 spiro atoms. The second-order valence-electron chi connectivity index (χ2n) is 4.21. The Balaban J connectivity index is 2.85. The molecule has 0 unspecified atom stereocenters. The predicted octanol–water partition coefficient (Wildman–Crippen LogP) is 4.34. The molecule has 1 rings (SSSR count). The van der Waals surface area contributed by atoms with Crippen LogP contribution in [-0.4, -0.2) is 12.6 Å². The quantitative estimate of drug-likeness (QED) is 0.350. The van der Waals surface area contributed by atoms with Gasteiger partial charge in [-0.2, -0.15) is 13.2 Å². The standard InChI is InChI=1S/C14H13F5O2/c1-2-3-6-21-12(20)5-4-9-7-10(15)13(11(16)8-9)14(17,18)19/h4-5,7-8H,2-3,6H2,1H3/b5-4+. The maximum atomic E-state index is 13.3. The Labute approximate surface area is 118 Å². The summed E-state index contributed by atoms with van der Waals surface area (Å²) in [6.45, 7) is 2.10. The smallest absolute Gasteiger partial charge is 0.422 e. The lowest BCUT2D eigenvalue weighted by atomic mass is 10.1. The first kappa shape index (κ1) is 17.1. The lowest BCUT2D eigenvalue weighted by Gasteiger charge is -2.09. The summed E-state index contributed by atoms with van der Waals surface area (Å²) in [5.41, 5.74) is -2.16. The Kier molecular flexibility index (Phi) is 5.87. The summed E-state index contributed by atoms with van der Waals surface area (Å²) in [7, 11) is 0. The monoisotopic (exact) mass is 308 g/mol. The van der Waals surface area contributed by atoms with Crippen LogP contribution < -0.4 is 0 Å². The Bertz CT molecular complexity index is 512. The number of rotatable bonds is 5. The van der Waals surface area contributed by atoms with E-state index < -0.39 is 29.3 Å². The number of hydrogen-bond donors (Lipinski definition) is 0. The van der Waals surface area contributed by atoms with Crippen molar-refractivity contribution in [1.82, 2.24) is 0 Å². The van der Waals surface area contributed by atoms with Gasteiger partial charge in [0.05, 0.1) is 6.61 Å². The fraction of sp³-hybridized carbons (Fsp3) is 0.357. The molecule has 0 aliphatic heterocycles. The number of benzene rings is 1. The van der Waals surface area contributed by atoms with Crippen LogP contribution >= 0.6 is 0 Å². The molecule has 116 valence electrons. The zero-order valence-electron chi connectivity index (χ0n) is 11.1. The third-order valence-electron chi connectivity index (χ3n) is 2.50. The third kappa shape index (κ3) is 5.17. The van der Waals surface area contributed by atoms with Gasteiger partial charge in [-0.25, -0.2) is 13.6 Å². The van der Waals surface area contributed by atoms with Crippen molar-refractivity contribution in [3.63, 3.8) is 0 Å². The molecular weight excluding hydrogens is 295 g/mol. The number of unbranched alkanes of at least 4 members (excludes halogenated alkanes) is 1. The maximum Gasteiger partial charge on any atom is 0.422 e. The second-order valence-corrected chi connectivity index (χ2v) is 4.21. The maximum absolute atomic E-state index is 13.3. The van der Waals surface area contributed by atoms with Crippen LogP contribution in [-0.2, 0) is 15.7 Å². The van der Waals surface area contributed by atoms with E-state index >= 15 is 0 Å². The summed E-state index contributed by atoms with van der Waals surface area (Å²) in [5.74, 6) is -4.20. The first-order valence-electron chi connectivity index (χ1n) is 6.16. The zero-order chi connectivity index (χ0) is 16.0. The molecule has 0 aliphatic carbocycles. The van der Waals surface area contributed by atoms with Crippen LogP contribution in [0.2, 0.25) is 0 Å². The molecule has 0 amide bonds. The van der Waals surface area contributed by atoms with Gasteiger partial charge in [0.1, 0.15) is 17.2 Å². The van der Waals surface area contributed by atoms with Gasteiger partial charge in [-0.15, -0.1) is 0 Å². The summed E-state index contributed by atoms with van der Waals surface area (Å²) < 4.78 is 68.4. The molecule has 0 heterocycles. The molecule has 0 aliphatic rings. The van der Waals surface area contributed by atoms with Crippen LogP contribution in [0.15, 0.2) is 18.2 Å². The van der Waals surface area contributed by atoms with Gasteiger partial charge >= 0.3 is 12.1 Å². The first-order chi connectivity index (χ1) is 9.75. The molecule has 0 fully saturated rings. The van der Waals surface area contributed by atoms with Crippen LogP contribution in [0.4, 0.5) is 22.0 Å². The molecule has 7 heteroatoms. The Morgan fingerprint density at radius 2 is 1.81 bits per heavy atom. The average Bonchev–Trinajstić information content (AvgIpc) is 2.34. The van der Waals surface area contributed by atoms with Crippen molar-refractivity contribution in [3.05, 3.63) is 41.0 Å². The summed E-state index contributed by atoms with van der Waals surface area (Å²) >= 11 is 0. The highest BCUT2D eigenvalue weighted by molar-refractivity contribution is 5.87. The molecule has 1 aromatic rings. The molecule has 0 bridgehead atoms. The number of esters is 1. The van der Waals surface area contributed by atoms with Gasteiger partial charge in [0.25, 0.3) is 0 Å². The van der Waals surface area contributed by atoms with Crippen molar-refractivity contribution in [2.45, 2.75) is 25.9 Å². The summed E-state index contributed by atoms with van der Waals surface area (Å²) in [6, 6.07) is 1.00. The van der Waals surface area contributed by atoms with Crippen molar-refractivity contribution in [3.8, 4) is 0 Å². The van der Waals surface area contributed by atoms with Crippen molar-refractivity contribution < 1.29 is 31.5 Å². The minimum Gasteiger partial charge on any atom is -0.463 e. The highest BCUT2D eigenvalue weighted by Gasteiger charge is 2.37. The fourth-order valence-corrected chi connectivity index (χ4v) is 1.49. The predicted molar refractivity (Wildman–Crippen MR) is 66.3 cm³/mol.